The number of hydrogen-bond donors (Lipinski definition) is 0. The van der Waals surface area contributed by atoms with Crippen molar-refractivity contribution in [2.45, 2.75) is 20.3 Å². The number of benzene rings is 1. The van der Waals surface area contributed by atoms with Gasteiger partial charge in [0.2, 0.25) is 0 Å². The van der Waals surface area contributed by atoms with Crippen LogP contribution in [0.1, 0.15) is 19.4 Å². The molecule has 0 amide bonds. The summed E-state index contributed by atoms with van der Waals surface area (Å²) >= 11 is 0. The van der Waals surface area contributed by atoms with E-state index in [4.69, 9.17) is 14.2 Å². The van der Waals surface area contributed by atoms with Gasteiger partial charge in [-0.2, -0.15) is 0 Å². The van der Waals surface area contributed by atoms with Crippen LogP contribution < -0.4 is 9.64 Å². The SMILES string of the molecule is CCOC(=O)CN(CC(=O)OCC)c1ccc2c(c1)CCO2. The number of hydrogen-bond acceptors (Lipinski definition) is 6. The lowest BCUT2D eigenvalue weighted by atomic mass is 10.1. The quantitative estimate of drug-likeness (QED) is 0.712. The van der Waals surface area contributed by atoms with Gasteiger partial charge in [-0.3, -0.25) is 9.59 Å². The van der Waals surface area contributed by atoms with Crippen LogP contribution in [0.3, 0.4) is 0 Å². The van der Waals surface area contributed by atoms with E-state index in [1.807, 2.05) is 18.2 Å². The Labute approximate surface area is 129 Å². The van der Waals surface area contributed by atoms with Crippen LogP contribution in [0.4, 0.5) is 5.69 Å². The molecule has 0 aliphatic carbocycles. The third kappa shape index (κ3) is 4.13. The highest BCUT2D eigenvalue weighted by Crippen LogP contribution is 2.29. The van der Waals surface area contributed by atoms with Gasteiger partial charge in [-0.1, -0.05) is 0 Å². The summed E-state index contributed by atoms with van der Waals surface area (Å²) in [5.41, 5.74) is 1.86. The van der Waals surface area contributed by atoms with Gasteiger partial charge in [0, 0.05) is 12.1 Å². The van der Waals surface area contributed by atoms with Crippen LogP contribution in [0.5, 0.6) is 5.75 Å². The molecule has 0 atom stereocenters. The molecule has 120 valence electrons. The van der Waals surface area contributed by atoms with E-state index in [0.29, 0.717) is 19.8 Å². The second-order valence-corrected chi connectivity index (χ2v) is 4.86. The number of esters is 2. The van der Waals surface area contributed by atoms with Gasteiger partial charge < -0.3 is 19.1 Å². The van der Waals surface area contributed by atoms with Crippen molar-refractivity contribution < 1.29 is 23.8 Å². The first-order chi connectivity index (χ1) is 10.6. The molecule has 2 rings (SSSR count). The second kappa shape index (κ2) is 7.68. The van der Waals surface area contributed by atoms with Crippen molar-refractivity contribution in [2.75, 3.05) is 37.8 Å². The van der Waals surface area contributed by atoms with Crippen LogP contribution in [-0.4, -0.2) is 44.8 Å². The molecule has 1 aliphatic rings. The summed E-state index contributed by atoms with van der Waals surface area (Å²) in [7, 11) is 0. The lowest BCUT2D eigenvalue weighted by molar-refractivity contribution is -0.142. The predicted molar refractivity (Wildman–Crippen MR) is 81.1 cm³/mol. The van der Waals surface area contributed by atoms with Crippen molar-refractivity contribution in [1.29, 1.82) is 0 Å². The molecule has 0 fully saturated rings. The Morgan fingerprint density at radius 1 is 1.14 bits per heavy atom. The first-order valence-corrected chi connectivity index (χ1v) is 7.46. The Bertz CT molecular complexity index is 523. The fourth-order valence-corrected chi connectivity index (χ4v) is 2.33. The highest BCUT2D eigenvalue weighted by Gasteiger charge is 2.19. The molecular formula is C16H21NO5. The third-order valence-corrected chi connectivity index (χ3v) is 3.29. The molecule has 6 nitrogen and oxygen atoms in total. The van der Waals surface area contributed by atoms with Crippen LogP contribution in [0.15, 0.2) is 18.2 Å². The standard InChI is InChI=1S/C16H21NO5/c1-3-20-15(18)10-17(11-16(19)21-4-2)13-5-6-14-12(9-13)7-8-22-14/h5-6,9H,3-4,7-8,10-11H2,1-2H3. The molecular weight excluding hydrogens is 286 g/mol. The van der Waals surface area contributed by atoms with Gasteiger partial charge in [0.1, 0.15) is 18.8 Å². The maximum absolute atomic E-state index is 11.8. The summed E-state index contributed by atoms with van der Waals surface area (Å²) in [5.74, 6) is 0.114. The Kier molecular flexibility index (Phi) is 5.63. The highest BCUT2D eigenvalue weighted by atomic mass is 16.5. The van der Waals surface area contributed by atoms with Crippen LogP contribution >= 0.6 is 0 Å². The molecule has 1 aromatic rings. The predicted octanol–water partition coefficient (Wildman–Crippen LogP) is 1.55. The van der Waals surface area contributed by atoms with Crippen LogP contribution in [-0.2, 0) is 25.5 Å². The maximum Gasteiger partial charge on any atom is 0.325 e. The number of rotatable bonds is 7. The van der Waals surface area contributed by atoms with E-state index < -0.39 is 0 Å². The van der Waals surface area contributed by atoms with Gasteiger partial charge in [0.05, 0.1) is 19.8 Å². The van der Waals surface area contributed by atoms with Gasteiger partial charge >= 0.3 is 11.9 Å². The molecule has 0 bridgehead atoms. The molecule has 0 spiro atoms. The zero-order valence-electron chi connectivity index (χ0n) is 13.0. The number of carbonyl (C=O) groups is 2. The minimum atomic E-state index is -0.372. The molecule has 0 saturated carbocycles. The average molecular weight is 307 g/mol. The van der Waals surface area contributed by atoms with Crippen molar-refractivity contribution >= 4 is 17.6 Å². The van der Waals surface area contributed by atoms with Gasteiger partial charge in [0.25, 0.3) is 0 Å². The Morgan fingerprint density at radius 3 is 2.36 bits per heavy atom. The summed E-state index contributed by atoms with van der Waals surface area (Å²) in [5, 5.41) is 0. The lowest BCUT2D eigenvalue weighted by Gasteiger charge is -2.23. The second-order valence-electron chi connectivity index (χ2n) is 4.86. The fourth-order valence-electron chi connectivity index (χ4n) is 2.33. The normalized spacial score (nSPS) is 12.3. The van der Waals surface area contributed by atoms with Crippen LogP contribution in [0.2, 0.25) is 0 Å². The zero-order chi connectivity index (χ0) is 15.9. The minimum Gasteiger partial charge on any atom is -0.493 e. The minimum absolute atomic E-state index is 0.00625. The number of ether oxygens (including phenoxy) is 3. The first-order valence-electron chi connectivity index (χ1n) is 7.46. The van der Waals surface area contributed by atoms with Crippen molar-refractivity contribution in [1.82, 2.24) is 0 Å². The largest absolute Gasteiger partial charge is 0.493 e. The van der Waals surface area contributed by atoms with Crippen LogP contribution in [0, 0.1) is 0 Å². The van der Waals surface area contributed by atoms with Crippen molar-refractivity contribution in [3.63, 3.8) is 0 Å². The molecule has 0 N–H and O–H groups in total. The molecule has 1 heterocycles. The topological polar surface area (TPSA) is 65.1 Å². The first kappa shape index (κ1) is 16.1. The summed E-state index contributed by atoms with van der Waals surface area (Å²) < 4.78 is 15.4. The molecule has 0 aromatic heterocycles. The fraction of sp³-hybridized carbons (Fsp3) is 0.500. The van der Waals surface area contributed by atoms with Gasteiger partial charge in [-0.25, -0.2) is 0 Å². The van der Waals surface area contributed by atoms with Crippen molar-refractivity contribution in [3.05, 3.63) is 23.8 Å². The van der Waals surface area contributed by atoms with E-state index in [1.165, 1.54) is 0 Å². The van der Waals surface area contributed by atoms with E-state index >= 15 is 0 Å². The van der Waals surface area contributed by atoms with E-state index in [-0.39, 0.29) is 25.0 Å². The molecule has 1 aromatic carbocycles. The number of anilines is 1. The van der Waals surface area contributed by atoms with Crippen LogP contribution in [0.25, 0.3) is 0 Å². The number of fused-ring (bicyclic) bond motifs is 1. The summed E-state index contributed by atoms with van der Waals surface area (Å²) in [6.45, 7) is 4.79. The zero-order valence-corrected chi connectivity index (χ0v) is 13.0. The molecule has 1 aliphatic heterocycles. The van der Waals surface area contributed by atoms with Gasteiger partial charge in [0.15, 0.2) is 0 Å². The monoisotopic (exact) mass is 307 g/mol. The van der Waals surface area contributed by atoms with E-state index in [2.05, 4.69) is 0 Å². The molecule has 0 saturated heterocycles. The van der Waals surface area contributed by atoms with Crippen molar-refractivity contribution in [3.8, 4) is 5.75 Å². The van der Waals surface area contributed by atoms with E-state index in [0.717, 1.165) is 23.4 Å². The number of nitrogens with zero attached hydrogens (tertiary/aromatic N) is 1. The van der Waals surface area contributed by atoms with Gasteiger partial charge in [-0.15, -0.1) is 0 Å². The van der Waals surface area contributed by atoms with E-state index in [1.54, 1.807) is 18.7 Å². The average Bonchev–Trinajstić information content (AvgIpc) is 2.94. The Hall–Kier alpha value is -2.24. The van der Waals surface area contributed by atoms with E-state index in [9.17, 15) is 9.59 Å². The summed E-state index contributed by atoms with van der Waals surface area (Å²) in [6, 6.07) is 5.64. The summed E-state index contributed by atoms with van der Waals surface area (Å²) in [4.78, 5) is 25.2. The smallest absolute Gasteiger partial charge is 0.325 e. The van der Waals surface area contributed by atoms with Crippen molar-refractivity contribution in [2.24, 2.45) is 0 Å². The maximum atomic E-state index is 11.8. The molecule has 0 unspecified atom stereocenters. The molecule has 0 radical (unpaired) electrons. The summed E-state index contributed by atoms with van der Waals surface area (Å²) in [6.07, 6.45) is 0.829. The molecule has 22 heavy (non-hydrogen) atoms. The Balaban J connectivity index is 2.15. The number of carbonyl (C=O) groups excluding carboxylic acids is 2. The Morgan fingerprint density at radius 2 is 1.77 bits per heavy atom. The lowest BCUT2D eigenvalue weighted by Crippen LogP contribution is -2.36. The molecule has 6 heteroatoms. The third-order valence-electron chi connectivity index (χ3n) is 3.29. The van der Waals surface area contributed by atoms with Gasteiger partial charge in [-0.05, 0) is 37.6 Å². The highest BCUT2D eigenvalue weighted by molar-refractivity contribution is 5.81.